The molecule has 1 atom stereocenters. The van der Waals surface area contributed by atoms with E-state index in [1.165, 1.54) is 0 Å². The second-order valence-corrected chi connectivity index (χ2v) is 1.61. The van der Waals surface area contributed by atoms with Gasteiger partial charge in [0.15, 0.2) is 0 Å². The molecule has 0 bridgehead atoms. The third-order valence-electron chi connectivity index (χ3n) is 0.737. The molecule has 10 heavy (non-hydrogen) atoms. The van der Waals surface area contributed by atoms with E-state index in [0.717, 1.165) is 0 Å². The van der Waals surface area contributed by atoms with Gasteiger partial charge < -0.3 is 10.2 Å². The molecule has 0 amide bonds. The zero-order valence-electron chi connectivity index (χ0n) is 4.74. The molecule has 0 aromatic heterocycles. The van der Waals surface area contributed by atoms with Crippen LogP contribution in [0.25, 0.3) is 0 Å². The number of carboxylic acids is 1. The van der Waals surface area contributed by atoms with Crippen LogP contribution < -0.4 is 0 Å². The topological polar surface area (TPSA) is 81.3 Å². The molecule has 4 nitrogen and oxygen atoms in total. The molecular formula is C5H8NNaO3. The molecule has 52 valence electrons. The number of hydrogen-bond acceptors (Lipinski definition) is 3. The fraction of sp³-hybridized carbons (Fsp3) is 0.600. The van der Waals surface area contributed by atoms with Gasteiger partial charge >= 0.3 is 35.5 Å². The molecule has 0 spiro atoms. The predicted molar refractivity (Wildman–Crippen MR) is 35.6 cm³/mol. The summed E-state index contributed by atoms with van der Waals surface area (Å²) < 4.78 is 0. The van der Waals surface area contributed by atoms with Gasteiger partial charge in [0.05, 0.1) is 25.0 Å². The Morgan fingerprint density at radius 3 is 2.50 bits per heavy atom. The Morgan fingerprint density at radius 1 is 1.70 bits per heavy atom. The van der Waals surface area contributed by atoms with Crippen molar-refractivity contribution in [3.63, 3.8) is 0 Å². The molecule has 0 aromatic carbocycles. The SMILES string of the molecule is N#CCC(O)CC(=O)O.[NaH]. The Bertz CT molecular complexity index is 142. The summed E-state index contributed by atoms with van der Waals surface area (Å²) in [4.78, 5) is 9.82. The molecule has 2 N–H and O–H groups in total. The first-order valence-electron chi connectivity index (χ1n) is 2.43. The molecule has 0 aliphatic rings. The molecule has 0 radical (unpaired) electrons. The number of nitriles is 1. The van der Waals surface area contributed by atoms with Gasteiger partial charge in [-0.2, -0.15) is 5.26 Å². The average Bonchev–Trinajstić information content (AvgIpc) is 1.63. The second kappa shape index (κ2) is 7.03. The van der Waals surface area contributed by atoms with E-state index in [1.807, 2.05) is 0 Å². The van der Waals surface area contributed by atoms with Gasteiger partial charge in [-0.25, -0.2) is 0 Å². The van der Waals surface area contributed by atoms with Crippen LogP contribution in [-0.4, -0.2) is 51.8 Å². The zero-order chi connectivity index (χ0) is 7.28. The van der Waals surface area contributed by atoms with Crippen LogP contribution in [0.5, 0.6) is 0 Å². The first-order chi connectivity index (χ1) is 4.16. The number of carboxylic acid groups (broad SMARTS) is 1. The van der Waals surface area contributed by atoms with Crippen molar-refractivity contribution in [3.8, 4) is 6.07 Å². The van der Waals surface area contributed by atoms with Gasteiger partial charge in [0, 0.05) is 0 Å². The number of aliphatic hydroxyl groups excluding tert-OH is 1. The number of carbonyl (C=O) groups is 1. The van der Waals surface area contributed by atoms with Gasteiger partial charge in [-0.3, -0.25) is 4.79 Å². The average molecular weight is 153 g/mol. The van der Waals surface area contributed by atoms with Crippen molar-refractivity contribution in [2.45, 2.75) is 18.9 Å². The normalized spacial score (nSPS) is 10.8. The maximum atomic E-state index is 9.82. The molecule has 0 saturated heterocycles. The van der Waals surface area contributed by atoms with E-state index < -0.39 is 12.1 Å². The summed E-state index contributed by atoms with van der Waals surface area (Å²) in [6.45, 7) is 0. The van der Waals surface area contributed by atoms with E-state index in [2.05, 4.69) is 0 Å². The monoisotopic (exact) mass is 153 g/mol. The third kappa shape index (κ3) is 7.92. The van der Waals surface area contributed by atoms with Crippen LogP contribution in [0.1, 0.15) is 12.8 Å². The zero-order valence-corrected chi connectivity index (χ0v) is 4.74. The molecule has 0 heterocycles. The Morgan fingerprint density at radius 2 is 2.20 bits per heavy atom. The number of nitrogens with zero attached hydrogens (tertiary/aromatic N) is 1. The van der Waals surface area contributed by atoms with Gasteiger partial charge in [-0.05, 0) is 0 Å². The van der Waals surface area contributed by atoms with Crippen molar-refractivity contribution in [1.82, 2.24) is 0 Å². The van der Waals surface area contributed by atoms with Crippen molar-refractivity contribution >= 4 is 35.5 Å². The van der Waals surface area contributed by atoms with Gasteiger partial charge in [0.25, 0.3) is 0 Å². The van der Waals surface area contributed by atoms with Crippen molar-refractivity contribution in [2.75, 3.05) is 0 Å². The maximum absolute atomic E-state index is 9.82. The summed E-state index contributed by atoms with van der Waals surface area (Å²) in [5.41, 5.74) is 0. The Kier molecular flexibility index (Phi) is 8.85. The number of aliphatic carboxylic acids is 1. The molecule has 0 rings (SSSR count). The summed E-state index contributed by atoms with van der Waals surface area (Å²) in [7, 11) is 0. The summed E-state index contributed by atoms with van der Waals surface area (Å²) in [5, 5.41) is 24.6. The first-order valence-corrected chi connectivity index (χ1v) is 2.43. The van der Waals surface area contributed by atoms with Crippen molar-refractivity contribution in [3.05, 3.63) is 0 Å². The van der Waals surface area contributed by atoms with E-state index in [4.69, 9.17) is 15.5 Å². The van der Waals surface area contributed by atoms with E-state index in [9.17, 15) is 4.79 Å². The Labute approximate surface area is 80.8 Å². The van der Waals surface area contributed by atoms with Gasteiger partial charge in [-0.1, -0.05) is 0 Å². The summed E-state index contributed by atoms with van der Waals surface area (Å²) in [5.74, 6) is -1.09. The van der Waals surface area contributed by atoms with Crippen LogP contribution in [0.3, 0.4) is 0 Å². The minimum atomic E-state index is -1.09. The van der Waals surface area contributed by atoms with Crippen LogP contribution in [0, 0.1) is 11.3 Å². The fourth-order valence-corrected chi connectivity index (χ4v) is 0.379. The Hall–Kier alpha value is -0.0800. The number of aliphatic hydroxyl groups is 1. The van der Waals surface area contributed by atoms with Crippen molar-refractivity contribution in [1.29, 1.82) is 5.26 Å². The molecule has 0 aliphatic carbocycles. The van der Waals surface area contributed by atoms with Gasteiger partial charge in [0.1, 0.15) is 0 Å². The summed E-state index contributed by atoms with van der Waals surface area (Å²) in [6, 6.07) is 1.66. The van der Waals surface area contributed by atoms with Crippen LogP contribution in [-0.2, 0) is 4.79 Å². The number of rotatable bonds is 3. The van der Waals surface area contributed by atoms with Gasteiger partial charge in [-0.15, -0.1) is 0 Å². The molecule has 0 aliphatic heterocycles. The quantitative estimate of drug-likeness (QED) is 0.514. The molecular weight excluding hydrogens is 145 g/mol. The Balaban J connectivity index is 0. The van der Waals surface area contributed by atoms with Crippen molar-refractivity contribution in [2.24, 2.45) is 0 Å². The standard InChI is InChI=1S/C5H7NO3.Na.H/c6-2-1-4(7)3-5(8)9;;/h4,7H,1,3H2,(H,8,9);;. The first kappa shape index (κ1) is 12.6. The molecule has 0 fully saturated rings. The molecule has 1 unspecified atom stereocenters. The van der Waals surface area contributed by atoms with Crippen molar-refractivity contribution < 1.29 is 15.0 Å². The minimum absolute atomic E-state index is 0. The van der Waals surface area contributed by atoms with Crippen LogP contribution in [0.2, 0.25) is 0 Å². The number of hydrogen-bond donors (Lipinski definition) is 2. The second-order valence-electron chi connectivity index (χ2n) is 1.61. The van der Waals surface area contributed by atoms with Crippen LogP contribution >= 0.6 is 0 Å². The summed E-state index contributed by atoms with van der Waals surface area (Å²) >= 11 is 0. The van der Waals surface area contributed by atoms with Crippen LogP contribution in [0.15, 0.2) is 0 Å². The van der Waals surface area contributed by atoms with E-state index >= 15 is 0 Å². The van der Waals surface area contributed by atoms with Gasteiger partial charge in [0.2, 0.25) is 0 Å². The fourth-order valence-electron chi connectivity index (χ4n) is 0.379. The third-order valence-corrected chi connectivity index (χ3v) is 0.737. The van der Waals surface area contributed by atoms with E-state index in [0.29, 0.717) is 0 Å². The van der Waals surface area contributed by atoms with E-state index in [-0.39, 0.29) is 42.4 Å². The summed E-state index contributed by atoms with van der Waals surface area (Å²) in [6.07, 6.45) is -1.49. The predicted octanol–water partition coefficient (Wildman–Crippen LogP) is -0.913. The molecule has 5 heteroatoms. The van der Waals surface area contributed by atoms with Crippen LogP contribution in [0.4, 0.5) is 0 Å². The molecule has 0 aromatic rings. The molecule has 0 saturated carbocycles. The van der Waals surface area contributed by atoms with E-state index in [1.54, 1.807) is 6.07 Å².